The molecule has 1 atom stereocenters. The zero-order valence-corrected chi connectivity index (χ0v) is 13.4. The van der Waals surface area contributed by atoms with Gasteiger partial charge in [-0.1, -0.05) is 31.7 Å². The van der Waals surface area contributed by atoms with Gasteiger partial charge in [-0.3, -0.25) is 0 Å². The number of halogens is 2. The summed E-state index contributed by atoms with van der Waals surface area (Å²) in [6.07, 6.45) is 5.95. The van der Waals surface area contributed by atoms with Crippen molar-refractivity contribution in [2.75, 3.05) is 6.54 Å². The second-order valence-corrected chi connectivity index (χ2v) is 7.39. The number of hydrogen-bond donors (Lipinski definition) is 1. The molecule has 0 heterocycles. The first-order valence-corrected chi connectivity index (χ1v) is 8.04. The summed E-state index contributed by atoms with van der Waals surface area (Å²) >= 11 is 0. The topological polar surface area (TPSA) is 12.0 Å². The molecule has 0 saturated heterocycles. The molecule has 118 valence electrons. The molecular weight excluding hydrogens is 268 g/mol. The van der Waals surface area contributed by atoms with E-state index in [1.807, 2.05) is 0 Å². The first-order chi connectivity index (χ1) is 9.85. The van der Waals surface area contributed by atoms with Gasteiger partial charge in [0.2, 0.25) is 0 Å². The van der Waals surface area contributed by atoms with Crippen LogP contribution in [0, 0.1) is 23.5 Å². The third-order valence-electron chi connectivity index (χ3n) is 4.44. The molecule has 1 aromatic carbocycles. The minimum Gasteiger partial charge on any atom is -0.312 e. The van der Waals surface area contributed by atoms with Crippen LogP contribution in [0.3, 0.4) is 0 Å². The molecule has 1 saturated carbocycles. The molecule has 0 aliphatic heterocycles. The Balaban J connectivity index is 2.05. The molecule has 0 amide bonds. The second kappa shape index (κ2) is 6.87. The molecule has 1 nitrogen and oxygen atoms in total. The lowest BCUT2D eigenvalue weighted by Gasteiger charge is -2.29. The van der Waals surface area contributed by atoms with Crippen LogP contribution in [0.2, 0.25) is 0 Å². The maximum Gasteiger partial charge on any atom is 0.159 e. The maximum atomic E-state index is 13.4. The summed E-state index contributed by atoms with van der Waals surface area (Å²) in [5.74, 6) is -0.296. The summed E-state index contributed by atoms with van der Waals surface area (Å²) in [4.78, 5) is 0. The normalized spacial score (nSPS) is 18.1. The van der Waals surface area contributed by atoms with Crippen molar-refractivity contribution < 1.29 is 8.78 Å². The Labute approximate surface area is 127 Å². The van der Waals surface area contributed by atoms with Crippen LogP contribution in [0.5, 0.6) is 0 Å². The standard InChI is InChI=1S/C18H27F2N/c1-18(2,3)21-12-15(14-6-4-5-7-14)10-13-8-9-16(19)17(20)11-13/h8-9,11,14-15,21H,4-7,10,12H2,1-3H3. The molecule has 1 N–H and O–H groups in total. The number of hydrogen-bond acceptors (Lipinski definition) is 1. The van der Waals surface area contributed by atoms with Gasteiger partial charge in [0.25, 0.3) is 0 Å². The highest BCUT2D eigenvalue weighted by Crippen LogP contribution is 2.33. The summed E-state index contributed by atoms with van der Waals surface area (Å²) in [5, 5.41) is 3.58. The lowest BCUT2D eigenvalue weighted by molar-refractivity contribution is 0.286. The third-order valence-corrected chi connectivity index (χ3v) is 4.44. The molecule has 0 spiro atoms. The molecule has 1 aromatic rings. The lowest BCUT2D eigenvalue weighted by Crippen LogP contribution is -2.41. The van der Waals surface area contributed by atoms with E-state index in [0.29, 0.717) is 11.8 Å². The predicted molar refractivity (Wildman–Crippen MR) is 83.3 cm³/mol. The zero-order chi connectivity index (χ0) is 15.5. The fourth-order valence-electron chi connectivity index (χ4n) is 3.24. The van der Waals surface area contributed by atoms with Crippen LogP contribution in [0.4, 0.5) is 8.78 Å². The number of benzene rings is 1. The van der Waals surface area contributed by atoms with E-state index in [-0.39, 0.29) is 5.54 Å². The van der Waals surface area contributed by atoms with Crippen molar-refractivity contribution in [2.45, 2.75) is 58.4 Å². The van der Waals surface area contributed by atoms with E-state index in [2.05, 4.69) is 26.1 Å². The first-order valence-electron chi connectivity index (χ1n) is 8.04. The first kappa shape index (κ1) is 16.4. The van der Waals surface area contributed by atoms with E-state index in [9.17, 15) is 8.78 Å². The van der Waals surface area contributed by atoms with Gasteiger partial charge in [0, 0.05) is 5.54 Å². The van der Waals surface area contributed by atoms with Gasteiger partial charge < -0.3 is 5.32 Å². The Morgan fingerprint density at radius 2 is 1.81 bits per heavy atom. The van der Waals surface area contributed by atoms with E-state index in [1.165, 1.54) is 37.8 Å². The van der Waals surface area contributed by atoms with Crippen molar-refractivity contribution in [3.8, 4) is 0 Å². The summed E-state index contributed by atoms with van der Waals surface area (Å²) in [6.45, 7) is 7.43. The predicted octanol–water partition coefficient (Wildman–Crippen LogP) is 4.70. The lowest BCUT2D eigenvalue weighted by atomic mass is 9.85. The van der Waals surface area contributed by atoms with Crippen LogP contribution in [-0.2, 0) is 6.42 Å². The van der Waals surface area contributed by atoms with Crippen molar-refractivity contribution in [1.29, 1.82) is 0 Å². The van der Waals surface area contributed by atoms with Gasteiger partial charge in [0.1, 0.15) is 0 Å². The quantitative estimate of drug-likeness (QED) is 0.830. The Morgan fingerprint density at radius 3 is 2.38 bits per heavy atom. The number of rotatable bonds is 5. The molecular formula is C18H27F2N. The molecule has 0 bridgehead atoms. The van der Waals surface area contributed by atoms with Gasteiger partial charge in [-0.05, 0) is 63.3 Å². The smallest absolute Gasteiger partial charge is 0.159 e. The van der Waals surface area contributed by atoms with E-state index < -0.39 is 11.6 Å². The Kier molecular flexibility index (Phi) is 5.37. The molecule has 1 aliphatic carbocycles. The minimum atomic E-state index is -0.760. The van der Waals surface area contributed by atoms with Gasteiger partial charge >= 0.3 is 0 Å². The fourth-order valence-corrected chi connectivity index (χ4v) is 3.24. The maximum absolute atomic E-state index is 13.4. The Hall–Kier alpha value is -0.960. The van der Waals surface area contributed by atoms with Gasteiger partial charge in [-0.2, -0.15) is 0 Å². The van der Waals surface area contributed by atoms with E-state index in [4.69, 9.17) is 0 Å². The largest absolute Gasteiger partial charge is 0.312 e. The van der Waals surface area contributed by atoms with Crippen molar-refractivity contribution in [1.82, 2.24) is 5.32 Å². The summed E-state index contributed by atoms with van der Waals surface area (Å²) < 4.78 is 26.4. The van der Waals surface area contributed by atoms with Crippen molar-refractivity contribution in [3.63, 3.8) is 0 Å². The fraction of sp³-hybridized carbons (Fsp3) is 0.667. The van der Waals surface area contributed by atoms with E-state index in [1.54, 1.807) is 6.07 Å². The summed E-state index contributed by atoms with van der Waals surface area (Å²) in [7, 11) is 0. The highest BCUT2D eigenvalue weighted by molar-refractivity contribution is 5.18. The molecule has 0 radical (unpaired) electrons. The molecule has 1 fully saturated rings. The highest BCUT2D eigenvalue weighted by Gasteiger charge is 2.26. The van der Waals surface area contributed by atoms with Crippen molar-refractivity contribution in [3.05, 3.63) is 35.4 Å². The zero-order valence-electron chi connectivity index (χ0n) is 13.4. The van der Waals surface area contributed by atoms with E-state index in [0.717, 1.165) is 18.5 Å². The Bertz CT molecular complexity index is 459. The van der Waals surface area contributed by atoms with Crippen molar-refractivity contribution in [2.24, 2.45) is 11.8 Å². The SMILES string of the molecule is CC(C)(C)NCC(Cc1ccc(F)c(F)c1)C1CCCC1. The molecule has 1 aliphatic rings. The molecule has 2 rings (SSSR count). The van der Waals surface area contributed by atoms with Gasteiger partial charge in [-0.15, -0.1) is 0 Å². The molecule has 1 unspecified atom stereocenters. The van der Waals surface area contributed by atoms with E-state index >= 15 is 0 Å². The second-order valence-electron chi connectivity index (χ2n) is 7.39. The van der Waals surface area contributed by atoms with Gasteiger partial charge in [0.05, 0.1) is 0 Å². The van der Waals surface area contributed by atoms with Gasteiger partial charge in [0.15, 0.2) is 11.6 Å². The van der Waals surface area contributed by atoms with Crippen LogP contribution >= 0.6 is 0 Å². The van der Waals surface area contributed by atoms with Crippen LogP contribution in [0.15, 0.2) is 18.2 Å². The minimum absolute atomic E-state index is 0.0882. The highest BCUT2D eigenvalue weighted by atomic mass is 19.2. The van der Waals surface area contributed by atoms with Crippen LogP contribution in [0.1, 0.15) is 52.0 Å². The third kappa shape index (κ3) is 5.06. The monoisotopic (exact) mass is 295 g/mol. The van der Waals surface area contributed by atoms with Gasteiger partial charge in [-0.25, -0.2) is 8.78 Å². The van der Waals surface area contributed by atoms with Crippen LogP contribution in [-0.4, -0.2) is 12.1 Å². The Morgan fingerprint density at radius 1 is 1.14 bits per heavy atom. The molecule has 3 heteroatoms. The average molecular weight is 295 g/mol. The average Bonchev–Trinajstić information content (AvgIpc) is 2.91. The molecule has 21 heavy (non-hydrogen) atoms. The van der Waals surface area contributed by atoms with Crippen LogP contribution in [0.25, 0.3) is 0 Å². The van der Waals surface area contributed by atoms with Crippen molar-refractivity contribution >= 4 is 0 Å². The van der Waals surface area contributed by atoms with Crippen LogP contribution < -0.4 is 5.32 Å². The molecule has 0 aromatic heterocycles. The summed E-state index contributed by atoms with van der Waals surface area (Å²) in [6, 6.07) is 4.32. The summed E-state index contributed by atoms with van der Waals surface area (Å²) in [5.41, 5.74) is 0.992. The number of nitrogens with one attached hydrogen (secondary N) is 1.